The van der Waals surface area contributed by atoms with Crippen molar-refractivity contribution in [1.29, 1.82) is 0 Å². The Labute approximate surface area is 98.0 Å². The van der Waals surface area contributed by atoms with Crippen LogP contribution in [-0.2, 0) is 6.61 Å². The van der Waals surface area contributed by atoms with E-state index in [2.05, 4.69) is 14.5 Å². The van der Waals surface area contributed by atoms with Gasteiger partial charge in [0.2, 0.25) is 0 Å². The smallest absolute Gasteiger partial charge is 0.493 e. The molecule has 9 heteroatoms. The number of hydrogen-bond donors (Lipinski definition) is 1. The van der Waals surface area contributed by atoms with Gasteiger partial charge in [-0.1, -0.05) is 0 Å². The van der Waals surface area contributed by atoms with Crippen molar-refractivity contribution in [2.45, 2.75) is 19.4 Å². The Morgan fingerprint density at radius 1 is 1.39 bits per heavy atom. The van der Waals surface area contributed by atoms with E-state index in [0.717, 1.165) is 7.11 Å². The second-order valence-electron chi connectivity index (χ2n) is 3.03. The third-order valence-corrected chi connectivity index (χ3v) is 1.84. The Hall–Kier alpha value is -1.64. The fourth-order valence-corrected chi connectivity index (χ4v) is 1.18. The SMILES string of the molecule is COc1cc(C(F)F)nc(CO)c1OC(F)(F)F. The molecule has 102 valence electrons. The van der Waals surface area contributed by atoms with Crippen molar-refractivity contribution in [3.05, 3.63) is 17.5 Å². The van der Waals surface area contributed by atoms with E-state index in [4.69, 9.17) is 5.11 Å². The molecular weight excluding hydrogens is 265 g/mol. The molecule has 0 saturated heterocycles. The molecule has 0 saturated carbocycles. The van der Waals surface area contributed by atoms with Crippen molar-refractivity contribution in [1.82, 2.24) is 4.98 Å². The largest absolute Gasteiger partial charge is 0.573 e. The number of pyridine rings is 1. The van der Waals surface area contributed by atoms with Gasteiger partial charge in [-0.2, -0.15) is 0 Å². The number of aliphatic hydroxyl groups is 1. The summed E-state index contributed by atoms with van der Waals surface area (Å²) in [6.45, 7) is -0.998. The maximum Gasteiger partial charge on any atom is 0.573 e. The minimum atomic E-state index is -5.05. The summed E-state index contributed by atoms with van der Waals surface area (Å²) < 4.78 is 69.2. The molecule has 0 amide bonds. The summed E-state index contributed by atoms with van der Waals surface area (Å²) in [6, 6.07) is 0.616. The topological polar surface area (TPSA) is 51.6 Å². The number of rotatable bonds is 4. The molecule has 1 heterocycles. The molecule has 1 N–H and O–H groups in total. The lowest BCUT2D eigenvalue weighted by Gasteiger charge is -2.16. The molecule has 4 nitrogen and oxygen atoms in total. The van der Waals surface area contributed by atoms with Gasteiger partial charge in [0.05, 0.1) is 13.7 Å². The first-order valence-corrected chi connectivity index (χ1v) is 4.51. The maximum atomic E-state index is 12.4. The minimum Gasteiger partial charge on any atom is -0.493 e. The average molecular weight is 273 g/mol. The standard InChI is InChI=1S/C9H8F5NO3/c1-17-6-2-4(8(10)11)15-5(3-16)7(6)18-9(12,13)14/h2,8,16H,3H2,1H3. The second-order valence-corrected chi connectivity index (χ2v) is 3.03. The summed E-state index contributed by atoms with van der Waals surface area (Å²) in [5, 5.41) is 8.83. The van der Waals surface area contributed by atoms with Crippen molar-refractivity contribution >= 4 is 0 Å². The van der Waals surface area contributed by atoms with Crippen molar-refractivity contribution in [3.63, 3.8) is 0 Å². The molecule has 1 aromatic heterocycles. The van der Waals surface area contributed by atoms with Gasteiger partial charge in [-0.3, -0.25) is 0 Å². The number of aliphatic hydroxyl groups excluding tert-OH is 1. The second kappa shape index (κ2) is 5.34. The number of alkyl halides is 5. The van der Waals surface area contributed by atoms with Gasteiger partial charge in [-0.15, -0.1) is 13.2 Å². The molecule has 0 bridgehead atoms. The number of methoxy groups -OCH3 is 1. The molecule has 0 spiro atoms. The summed E-state index contributed by atoms with van der Waals surface area (Å²) in [6.07, 6.45) is -8.06. The van der Waals surface area contributed by atoms with Crippen LogP contribution >= 0.6 is 0 Å². The van der Waals surface area contributed by atoms with Crippen LogP contribution in [0.4, 0.5) is 22.0 Å². The molecule has 1 rings (SSSR count). The van der Waals surface area contributed by atoms with Gasteiger partial charge in [0.1, 0.15) is 11.4 Å². The van der Waals surface area contributed by atoms with Gasteiger partial charge in [0.25, 0.3) is 6.43 Å². The highest BCUT2D eigenvalue weighted by Gasteiger charge is 2.34. The van der Waals surface area contributed by atoms with Gasteiger partial charge in [-0.05, 0) is 0 Å². The van der Waals surface area contributed by atoms with Crippen molar-refractivity contribution in [3.8, 4) is 11.5 Å². The van der Waals surface area contributed by atoms with E-state index in [1.54, 1.807) is 0 Å². The van der Waals surface area contributed by atoms with Crippen LogP contribution in [0.25, 0.3) is 0 Å². The Kier molecular flexibility index (Phi) is 4.28. The monoisotopic (exact) mass is 273 g/mol. The predicted molar refractivity (Wildman–Crippen MR) is 48.4 cm³/mol. The van der Waals surface area contributed by atoms with Crippen molar-refractivity contribution in [2.24, 2.45) is 0 Å². The van der Waals surface area contributed by atoms with Crippen LogP contribution in [0.2, 0.25) is 0 Å². The molecule has 0 unspecified atom stereocenters. The summed E-state index contributed by atoms with van der Waals surface area (Å²) in [4.78, 5) is 3.18. The first kappa shape index (κ1) is 14.4. The number of hydrogen-bond acceptors (Lipinski definition) is 4. The maximum absolute atomic E-state index is 12.4. The average Bonchev–Trinajstić information content (AvgIpc) is 2.26. The molecule has 0 aliphatic carbocycles. The summed E-state index contributed by atoms with van der Waals surface area (Å²) >= 11 is 0. The summed E-state index contributed by atoms with van der Waals surface area (Å²) in [5.74, 6) is -1.52. The van der Waals surface area contributed by atoms with Crippen LogP contribution in [0.5, 0.6) is 11.5 Å². The third kappa shape index (κ3) is 3.42. The van der Waals surface area contributed by atoms with E-state index >= 15 is 0 Å². The Morgan fingerprint density at radius 3 is 2.39 bits per heavy atom. The van der Waals surface area contributed by atoms with Crippen LogP contribution in [0.1, 0.15) is 17.8 Å². The molecule has 1 aromatic rings. The summed E-state index contributed by atoms with van der Waals surface area (Å²) in [7, 11) is 0.981. The lowest BCUT2D eigenvalue weighted by Crippen LogP contribution is -2.19. The minimum absolute atomic E-state index is 0.582. The number of aromatic nitrogens is 1. The molecule has 18 heavy (non-hydrogen) atoms. The van der Waals surface area contributed by atoms with Gasteiger partial charge in [0.15, 0.2) is 11.5 Å². The highest BCUT2D eigenvalue weighted by molar-refractivity contribution is 5.45. The molecule has 0 fully saturated rings. The fraction of sp³-hybridized carbons (Fsp3) is 0.444. The van der Waals surface area contributed by atoms with E-state index < -0.39 is 42.3 Å². The van der Waals surface area contributed by atoms with E-state index in [1.165, 1.54) is 0 Å². The van der Waals surface area contributed by atoms with Gasteiger partial charge in [-0.25, -0.2) is 13.8 Å². The lowest BCUT2D eigenvalue weighted by atomic mass is 10.2. The van der Waals surface area contributed by atoms with Crippen molar-refractivity contribution in [2.75, 3.05) is 7.11 Å². The summed E-state index contributed by atoms with van der Waals surface area (Å²) in [5.41, 5.74) is -1.49. The first-order chi connectivity index (χ1) is 8.28. The van der Waals surface area contributed by atoms with Crippen LogP contribution in [-0.4, -0.2) is 23.6 Å². The zero-order chi connectivity index (χ0) is 13.9. The van der Waals surface area contributed by atoms with Crippen LogP contribution in [0.3, 0.4) is 0 Å². The van der Waals surface area contributed by atoms with E-state index in [0.29, 0.717) is 6.07 Å². The number of nitrogens with zero attached hydrogens (tertiary/aromatic N) is 1. The normalized spacial score (nSPS) is 11.8. The number of halogens is 5. The van der Waals surface area contributed by atoms with Gasteiger partial charge < -0.3 is 14.6 Å². The van der Waals surface area contributed by atoms with Gasteiger partial charge in [0, 0.05) is 6.07 Å². The highest BCUT2D eigenvalue weighted by Crippen LogP contribution is 2.37. The predicted octanol–water partition coefficient (Wildman–Crippen LogP) is 2.42. The third-order valence-electron chi connectivity index (χ3n) is 1.84. The quantitative estimate of drug-likeness (QED) is 0.856. The van der Waals surface area contributed by atoms with Crippen LogP contribution in [0, 0.1) is 0 Å². The molecule has 0 radical (unpaired) electrons. The molecule has 0 aliphatic heterocycles. The zero-order valence-corrected chi connectivity index (χ0v) is 8.96. The molecule has 0 atom stereocenters. The molecular formula is C9H8F5NO3. The van der Waals surface area contributed by atoms with Crippen LogP contribution in [0.15, 0.2) is 6.07 Å². The Bertz CT molecular complexity index is 396. The zero-order valence-electron chi connectivity index (χ0n) is 8.96. The van der Waals surface area contributed by atoms with Gasteiger partial charge >= 0.3 is 6.36 Å². The van der Waals surface area contributed by atoms with Crippen LogP contribution < -0.4 is 9.47 Å². The Balaban J connectivity index is 3.30. The van der Waals surface area contributed by atoms with E-state index in [9.17, 15) is 22.0 Å². The van der Waals surface area contributed by atoms with E-state index in [1.807, 2.05) is 0 Å². The lowest BCUT2D eigenvalue weighted by molar-refractivity contribution is -0.275. The molecule has 0 aliphatic rings. The van der Waals surface area contributed by atoms with E-state index in [-0.39, 0.29) is 0 Å². The first-order valence-electron chi connectivity index (χ1n) is 4.51. The fourth-order valence-electron chi connectivity index (χ4n) is 1.18. The Morgan fingerprint density at radius 2 is 2.00 bits per heavy atom. The highest BCUT2D eigenvalue weighted by atomic mass is 19.4. The van der Waals surface area contributed by atoms with Crippen molar-refractivity contribution < 1.29 is 36.5 Å². The number of ether oxygens (including phenoxy) is 2. The molecule has 0 aromatic carbocycles.